The first-order valence-corrected chi connectivity index (χ1v) is 9.66. The highest BCUT2D eigenvalue weighted by atomic mass is 127. The van der Waals surface area contributed by atoms with E-state index in [0.29, 0.717) is 23.6 Å². The fraction of sp³-hybridized carbons (Fsp3) is 0.765. The molecule has 138 valence electrons. The Morgan fingerprint density at radius 1 is 1.46 bits per heavy atom. The van der Waals surface area contributed by atoms with Crippen LogP contribution in [-0.4, -0.2) is 46.7 Å². The van der Waals surface area contributed by atoms with Crippen molar-refractivity contribution in [3.8, 4) is 0 Å². The van der Waals surface area contributed by atoms with E-state index in [1.54, 1.807) is 0 Å². The Labute approximate surface area is 167 Å². The van der Waals surface area contributed by atoms with Gasteiger partial charge in [-0.25, -0.2) is 4.99 Å². The second kappa shape index (κ2) is 10.5. The van der Waals surface area contributed by atoms with Crippen molar-refractivity contribution < 1.29 is 4.52 Å². The van der Waals surface area contributed by atoms with E-state index in [-0.39, 0.29) is 24.0 Å². The van der Waals surface area contributed by atoms with Gasteiger partial charge in [-0.05, 0) is 18.8 Å². The van der Waals surface area contributed by atoms with Crippen LogP contribution in [0.3, 0.4) is 0 Å². The van der Waals surface area contributed by atoms with Crippen molar-refractivity contribution in [1.82, 2.24) is 15.4 Å². The van der Waals surface area contributed by atoms with Crippen LogP contribution < -0.4 is 5.32 Å². The Balaban J connectivity index is 0.00000288. The summed E-state index contributed by atoms with van der Waals surface area (Å²) in [5.41, 5.74) is 0.995. The van der Waals surface area contributed by atoms with Gasteiger partial charge >= 0.3 is 0 Å². The molecule has 2 heterocycles. The first kappa shape index (κ1) is 21.6. The van der Waals surface area contributed by atoms with Gasteiger partial charge in [-0.2, -0.15) is 11.8 Å². The average Bonchev–Trinajstić information content (AvgIpc) is 3.00. The molecule has 1 aliphatic rings. The molecule has 1 aliphatic heterocycles. The number of hydrogen-bond donors (Lipinski definition) is 1. The second-order valence-electron chi connectivity index (χ2n) is 6.64. The van der Waals surface area contributed by atoms with Crippen LogP contribution in [0.25, 0.3) is 0 Å². The first-order chi connectivity index (χ1) is 11.0. The predicted octanol–water partition coefficient (Wildman–Crippen LogP) is 3.95. The summed E-state index contributed by atoms with van der Waals surface area (Å²) in [6.45, 7) is 14.5. The molecule has 0 aromatic carbocycles. The Kier molecular flexibility index (Phi) is 9.48. The zero-order chi connectivity index (χ0) is 16.8. The molecule has 1 atom stereocenters. The van der Waals surface area contributed by atoms with Crippen LogP contribution >= 0.6 is 35.7 Å². The van der Waals surface area contributed by atoms with Crippen molar-refractivity contribution in [2.45, 2.75) is 52.3 Å². The summed E-state index contributed by atoms with van der Waals surface area (Å²) in [6.07, 6.45) is 0. The number of nitrogens with one attached hydrogen (secondary N) is 1. The number of aromatic nitrogens is 1. The number of rotatable bonds is 5. The smallest absolute Gasteiger partial charge is 0.194 e. The SMILES string of the molecule is CCNC(=NCc1cc(C(C)C)no1)N1CCSC(C(C)C)C1.I. The molecule has 7 heteroatoms. The Hall–Kier alpha value is -0.440. The third-order valence-corrected chi connectivity index (χ3v) is 5.56. The molecule has 0 amide bonds. The minimum atomic E-state index is 0. The highest BCUT2D eigenvalue weighted by molar-refractivity contribution is 14.0. The minimum absolute atomic E-state index is 0. The normalized spacial score (nSPS) is 18.9. The first-order valence-electron chi connectivity index (χ1n) is 8.61. The van der Waals surface area contributed by atoms with E-state index in [9.17, 15) is 0 Å². The van der Waals surface area contributed by atoms with Gasteiger partial charge in [0.25, 0.3) is 0 Å². The molecule has 0 saturated carbocycles. The van der Waals surface area contributed by atoms with Gasteiger partial charge in [0.2, 0.25) is 0 Å². The molecule has 1 unspecified atom stereocenters. The molecule has 0 aliphatic carbocycles. The van der Waals surface area contributed by atoms with Gasteiger partial charge in [-0.15, -0.1) is 24.0 Å². The third kappa shape index (κ3) is 6.13. The lowest BCUT2D eigenvalue weighted by Gasteiger charge is -2.36. The summed E-state index contributed by atoms with van der Waals surface area (Å²) in [4.78, 5) is 7.14. The molecule has 1 saturated heterocycles. The molecule has 0 radical (unpaired) electrons. The van der Waals surface area contributed by atoms with Crippen LogP contribution in [0.15, 0.2) is 15.6 Å². The maximum Gasteiger partial charge on any atom is 0.194 e. The summed E-state index contributed by atoms with van der Waals surface area (Å²) < 4.78 is 5.39. The Bertz CT molecular complexity index is 518. The molecule has 24 heavy (non-hydrogen) atoms. The molecule has 0 spiro atoms. The molecule has 0 bridgehead atoms. The van der Waals surface area contributed by atoms with Crippen molar-refractivity contribution in [2.24, 2.45) is 10.9 Å². The second-order valence-corrected chi connectivity index (χ2v) is 7.99. The summed E-state index contributed by atoms with van der Waals surface area (Å²) in [5.74, 6) is 4.05. The van der Waals surface area contributed by atoms with E-state index < -0.39 is 0 Å². The number of thioether (sulfide) groups is 1. The highest BCUT2D eigenvalue weighted by Crippen LogP contribution is 2.25. The summed E-state index contributed by atoms with van der Waals surface area (Å²) >= 11 is 2.08. The van der Waals surface area contributed by atoms with Gasteiger partial charge < -0.3 is 14.7 Å². The van der Waals surface area contributed by atoms with E-state index in [0.717, 1.165) is 42.8 Å². The number of guanidine groups is 1. The van der Waals surface area contributed by atoms with Crippen LogP contribution in [0.5, 0.6) is 0 Å². The maximum atomic E-state index is 5.39. The number of nitrogens with zero attached hydrogens (tertiary/aromatic N) is 3. The standard InChI is InChI=1S/C17H30N4OS.HI/c1-6-18-17(21-7-8-23-16(11-21)13(4)5)19-10-14-9-15(12(2)3)20-22-14;/h9,12-13,16H,6-8,10-11H2,1-5H3,(H,18,19);1H. The van der Waals surface area contributed by atoms with Crippen LogP contribution in [0.4, 0.5) is 0 Å². The van der Waals surface area contributed by atoms with Crippen molar-refractivity contribution >= 4 is 41.7 Å². The van der Waals surface area contributed by atoms with E-state index in [4.69, 9.17) is 9.52 Å². The predicted molar refractivity (Wildman–Crippen MR) is 113 cm³/mol. The lowest BCUT2D eigenvalue weighted by atomic mass is 10.1. The number of halogens is 1. The Morgan fingerprint density at radius 3 is 2.79 bits per heavy atom. The van der Waals surface area contributed by atoms with Crippen LogP contribution in [0.2, 0.25) is 0 Å². The van der Waals surface area contributed by atoms with E-state index in [1.807, 2.05) is 6.07 Å². The molecular weight excluding hydrogens is 435 g/mol. The largest absolute Gasteiger partial charge is 0.359 e. The zero-order valence-electron chi connectivity index (χ0n) is 15.4. The maximum absolute atomic E-state index is 5.39. The van der Waals surface area contributed by atoms with E-state index in [2.05, 4.69) is 61.8 Å². The van der Waals surface area contributed by atoms with Crippen LogP contribution in [-0.2, 0) is 6.54 Å². The van der Waals surface area contributed by atoms with Crippen molar-refractivity contribution in [2.75, 3.05) is 25.4 Å². The lowest BCUT2D eigenvalue weighted by molar-refractivity contribution is 0.368. The Morgan fingerprint density at radius 2 is 2.21 bits per heavy atom. The van der Waals surface area contributed by atoms with Gasteiger partial charge in [0.05, 0.1) is 5.69 Å². The minimum Gasteiger partial charge on any atom is -0.359 e. The lowest BCUT2D eigenvalue weighted by Crippen LogP contribution is -2.49. The third-order valence-electron chi connectivity index (χ3n) is 4.02. The van der Waals surface area contributed by atoms with E-state index >= 15 is 0 Å². The van der Waals surface area contributed by atoms with Gasteiger partial charge in [-0.1, -0.05) is 32.9 Å². The highest BCUT2D eigenvalue weighted by Gasteiger charge is 2.24. The van der Waals surface area contributed by atoms with Gasteiger partial charge in [0.1, 0.15) is 6.54 Å². The van der Waals surface area contributed by atoms with Gasteiger partial charge in [0.15, 0.2) is 11.7 Å². The molecule has 1 aromatic heterocycles. The fourth-order valence-corrected chi connectivity index (χ4v) is 3.82. The molecular formula is C17H31IN4OS. The van der Waals surface area contributed by atoms with Crippen molar-refractivity contribution in [3.63, 3.8) is 0 Å². The molecule has 2 rings (SSSR count). The average molecular weight is 466 g/mol. The fourth-order valence-electron chi connectivity index (χ4n) is 2.53. The van der Waals surface area contributed by atoms with Gasteiger partial charge in [-0.3, -0.25) is 0 Å². The summed E-state index contributed by atoms with van der Waals surface area (Å²) in [5, 5.41) is 8.19. The number of hydrogen-bond acceptors (Lipinski definition) is 4. The van der Waals surface area contributed by atoms with Gasteiger partial charge in [0, 0.05) is 36.7 Å². The number of aliphatic imine (C=N–C) groups is 1. The molecule has 5 nitrogen and oxygen atoms in total. The molecule has 1 N–H and O–H groups in total. The zero-order valence-corrected chi connectivity index (χ0v) is 18.6. The molecule has 1 fully saturated rings. The van der Waals surface area contributed by atoms with Crippen LogP contribution in [0.1, 0.15) is 52.0 Å². The van der Waals surface area contributed by atoms with E-state index in [1.165, 1.54) is 0 Å². The summed E-state index contributed by atoms with van der Waals surface area (Å²) in [7, 11) is 0. The van der Waals surface area contributed by atoms with Crippen molar-refractivity contribution in [3.05, 3.63) is 17.5 Å². The van der Waals surface area contributed by atoms with Crippen LogP contribution in [0, 0.1) is 5.92 Å². The quantitative estimate of drug-likeness (QED) is 0.405. The van der Waals surface area contributed by atoms with Crippen molar-refractivity contribution in [1.29, 1.82) is 0 Å². The molecule has 1 aromatic rings. The summed E-state index contributed by atoms with van der Waals surface area (Å²) in [6, 6.07) is 2.01. The topological polar surface area (TPSA) is 53.7 Å². The monoisotopic (exact) mass is 466 g/mol.